The zero-order valence-corrected chi connectivity index (χ0v) is 15.1. The molecule has 2 unspecified atom stereocenters. The van der Waals surface area contributed by atoms with Crippen molar-refractivity contribution in [2.24, 2.45) is 28.6 Å². The number of rotatable bonds is 0. The Balaban J connectivity index is 1.58. The highest BCUT2D eigenvalue weighted by Crippen LogP contribution is 2.64. The van der Waals surface area contributed by atoms with Crippen LogP contribution in [0, 0.1) is 28.6 Å². The summed E-state index contributed by atoms with van der Waals surface area (Å²) in [6.45, 7) is 5.55. The Bertz CT molecular complexity index is 683. The molecule has 0 radical (unpaired) electrons. The molecule has 2 saturated carbocycles. The number of allylic oxidation sites excluding steroid dienone is 3. The smallest absolute Gasteiger partial charge is 0.139 e. The number of fused-ring (bicyclic) bond motifs is 6. The summed E-state index contributed by atoms with van der Waals surface area (Å²) in [6.07, 6.45) is 8.11. The summed E-state index contributed by atoms with van der Waals surface area (Å²) in [5.74, 6) is 1.18. The van der Waals surface area contributed by atoms with Crippen molar-refractivity contribution in [3.8, 4) is 0 Å². The topological polar surface area (TPSA) is 35.5 Å². The summed E-state index contributed by atoms with van der Waals surface area (Å²) in [5.41, 5.74) is 0.378. The molecule has 0 aromatic heterocycles. The van der Waals surface area contributed by atoms with Gasteiger partial charge in [0.05, 0.1) is 19.3 Å². The van der Waals surface area contributed by atoms with Crippen LogP contribution in [0.15, 0.2) is 23.6 Å². The fourth-order valence-electron chi connectivity index (χ4n) is 6.70. The predicted molar refractivity (Wildman–Crippen MR) is 91.5 cm³/mol. The van der Waals surface area contributed by atoms with Crippen LogP contribution in [0.3, 0.4) is 0 Å². The van der Waals surface area contributed by atoms with Gasteiger partial charge in [-0.3, -0.25) is 4.79 Å². The Morgan fingerprint density at radius 3 is 2.68 bits per heavy atom. The molecule has 136 valence electrons. The third-order valence-electron chi connectivity index (χ3n) is 8.12. The number of Topliss-reactive ketones (excluding diaryl/α,β-unsaturated/α-hetero) is 1. The van der Waals surface area contributed by atoms with Crippen molar-refractivity contribution in [2.45, 2.75) is 58.2 Å². The van der Waals surface area contributed by atoms with Crippen LogP contribution in [-0.4, -0.2) is 31.2 Å². The lowest BCUT2D eigenvalue weighted by atomic mass is 9.49. The quantitative estimate of drug-likeness (QED) is 0.665. The molecule has 0 amide bonds. The van der Waals surface area contributed by atoms with Gasteiger partial charge in [-0.05, 0) is 61.2 Å². The highest BCUT2D eigenvalue weighted by molar-refractivity contribution is 5.87. The lowest BCUT2D eigenvalue weighted by Crippen LogP contribution is -2.53. The van der Waals surface area contributed by atoms with Gasteiger partial charge in [-0.15, -0.1) is 0 Å². The van der Waals surface area contributed by atoms with Gasteiger partial charge in [0.15, 0.2) is 0 Å². The molecular formula is C21H27FO3. The molecule has 0 spiro atoms. The van der Waals surface area contributed by atoms with Gasteiger partial charge in [0.1, 0.15) is 17.7 Å². The number of carbonyl (C=O) groups excluding carboxylic acids is 1. The molecule has 5 rings (SSSR count). The molecule has 4 heteroatoms. The minimum atomic E-state index is -0.239. The second-order valence-corrected chi connectivity index (χ2v) is 9.17. The van der Waals surface area contributed by atoms with Crippen LogP contribution in [0.1, 0.15) is 46.0 Å². The van der Waals surface area contributed by atoms with E-state index in [4.69, 9.17) is 9.47 Å². The van der Waals surface area contributed by atoms with Gasteiger partial charge in [0, 0.05) is 17.3 Å². The van der Waals surface area contributed by atoms with E-state index in [1.807, 2.05) is 12.2 Å². The minimum absolute atomic E-state index is 0.0348. The molecule has 25 heavy (non-hydrogen) atoms. The van der Waals surface area contributed by atoms with Gasteiger partial charge in [-0.2, -0.15) is 0 Å². The molecule has 5 aliphatic rings. The van der Waals surface area contributed by atoms with Crippen LogP contribution in [0.25, 0.3) is 0 Å². The zero-order valence-electron chi connectivity index (χ0n) is 15.1. The number of ketones is 1. The van der Waals surface area contributed by atoms with Crippen LogP contribution in [0.2, 0.25) is 0 Å². The third kappa shape index (κ3) is 2.07. The summed E-state index contributed by atoms with van der Waals surface area (Å²) in [7, 11) is 0. The average Bonchev–Trinajstić information content (AvgIpc) is 2.89. The Morgan fingerprint density at radius 2 is 1.84 bits per heavy atom. The Hall–Kier alpha value is -1.00. The number of carbonyl (C=O) groups is 1. The predicted octanol–water partition coefficient (Wildman–Crippen LogP) is 3.99. The maximum Gasteiger partial charge on any atom is 0.139 e. The molecule has 3 nitrogen and oxygen atoms in total. The van der Waals surface area contributed by atoms with Gasteiger partial charge in [0.2, 0.25) is 0 Å². The second-order valence-electron chi connectivity index (χ2n) is 9.17. The van der Waals surface area contributed by atoms with Crippen molar-refractivity contribution < 1.29 is 18.7 Å². The van der Waals surface area contributed by atoms with E-state index in [9.17, 15) is 4.79 Å². The van der Waals surface area contributed by atoms with Crippen molar-refractivity contribution in [3.63, 3.8) is 0 Å². The molecule has 4 aliphatic carbocycles. The van der Waals surface area contributed by atoms with Crippen LogP contribution in [0.4, 0.5) is 4.39 Å². The van der Waals surface area contributed by atoms with Crippen molar-refractivity contribution in [1.82, 2.24) is 0 Å². The SMILES string of the molecule is C[C@]12CC3OCCOC3C=C1C(F)=C[C@@H]1[C@@H]2CC[C@]2(C)C(=O)CC[C@@H]12. The van der Waals surface area contributed by atoms with E-state index in [2.05, 4.69) is 13.8 Å². The van der Waals surface area contributed by atoms with Gasteiger partial charge >= 0.3 is 0 Å². The molecule has 1 heterocycles. The number of hydrogen-bond acceptors (Lipinski definition) is 3. The van der Waals surface area contributed by atoms with Gasteiger partial charge in [-0.25, -0.2) is 4.39 Å². The number of halogens is 1. The molecule has 1 aliphatic heterocycles. The lowest BCUT2D eigenvalue weighted by molar-refractivity contribution is -0.149. The molecule has 0 N–H and O–H groups in total. The van der Waals surface area contributed by atoms with Crippen molar-refractivity contribution >= 4 is 5.78 Å². The van der Waals surface area contributed by atoms with Crippen LogP contribution in [0.5, 0.6) is 0 Å². The maximum atomic E-state index is 15.2. The fraction of sp³-hybridized carbons (Fsp3) is 0.762. The van der Waals surface area contributed by atoms with E-state index in [1.165, 1.54) is 0 Å². The molecular weight excluding hydrogens is 319 g/mol. The Morgan fingerprint density at radius 1 is 1.08 bits per heavy atom. The monoisotopic (exact) mass is 346 g/mol. The van der Waals surface area contributed by atoms with E-state index >= 15 is 4.39 Å². The summed E-state index contributed by atoms with van der Waals surface area (Å²) in [5, 5.41) is 0. The standard InChI is InChI=1S/C21H27FO3/c1-20-6-5-14-12(13(20)3-4-19(20)23)9-16(22)15-10-17-18(11-21(14,15)2)25-8-7-24-17/h9-10,12-14,17-18H,3-8,11H2,1-2H3/t12-,13-,14-,17?,18?,20-,21+/m0/s1. The third-order valence-corrected chi connectivity index (χ3v) is 8.12. The molecule has 7 atom stereocenters. The summed E-state index contributed by atoms with van der Waals surface area (Å²) in [6, 6.07) is 0. The summed E-state index contributed by atoms with van der Waals surface area (Å²) < 4.78 is 27.0. The zero-order chi connectivity index (χ0) is 17.4. The van der Waals surface area contributed by atoms with E-state index < -0.39 is 0 Å². The van der Waals surface area contributed by atoms with Gasteiger partial charge in [-0.1, -0.05) is 13.8 Å². The molecule has 0 bridgehead atoms. The highest BCUT2D eigenvalue weighted by Gasteiger charge is 2.60. The summed E-state index contributed by atoms with van der Waals surface area (Å²) in [4.78, 5) is 12.5. The van der Waals surface area contributed by atoms with Gasteiger partial charge in [0.25, 0.3) is 0 Å². The highest BCUT2D eigenvalue weighted by atomic mass is 19.1. The second kappa shape index (κ2) is 5.26. The van der Waals surface area contributed by atoms with Crippen LogP contribution in [-0.2, 0) is 14.3 Å². The normalized spacial score (nSPS) is 51.6. The first-order valence-corrected chi connectivity index (χ1v) is 9.80. The van der Waals surface area contributed by atoms with E-state index in [-0.39, 0.29) is 34.8 Å². The Kier molecular flexibility index (Phi) is 3.41. The largest absolute Gasteiger partial charge is 0.373 e. The van der Waals surface area contributed by atoms with Gasteiger partial charge < -0.3 is 9.47 Å². The first kappa shape index (κ1) is 16.2. The van der Waals surface area contributed by atoms with E-state index in [0.29, 0.717) is 37.3 Å². The Labute approximate surface area is 148 Å². The fourth-order valence-corrected chi connectivity index (χ4v) is 6.70. The first-order valence-electron chi connectivity index (χ1n) is 9.80. The lowest BCUT2D eigenvalue weighted by Gasteiger charge is -2.56. The van der Waals surface area contributed by atoms with Crippen LogP contribution >= 0.6 is 0 Å². The molecule has 0 aromatic rings. The maximum absolute atomic E-state index is 15.2. The van der Waals surface area contributed by atoms with E-state index in [0.717, 1.165) is 31.3 Å². The average molecular weight is 346 g/mol. The minimum Gasteiger partial charge on any atom is -0.373 e. The molecule has 1 saturated heterocycles. The first-order chi connectivity index (χ1) is 11.9. The molecule has 0 aromatic carbocycles. The van der Waals surface area contributed by atoms with Crippen LogP contribution < -0.4 is 0 Å². The number of ether oxygens (including phenoxy) is 2. The summed E-state index contributed by atoms with van der Waals surface area (Å²) >= 11 is 0. The van der Waals surface area contributed by atoms with Crippen molar-refractivity contribution in [1.29, 1.82) is 0 Å². The van der Waals surface area contributed by atoms with Crippen molar-refractivity contribution in [2.75, 3.05) is 13.2 Å². The van der Waals surface area contributed by atoms with Crippen molar-refractivity contribution in [3.05, 3.63) is 23.6 Å². The van der Waals surface area contributed by atoms with E-state index in [1.54, 1.807) is 0 Å². The molecule has 3 fully saturated rings. The number of hydrogen-bond donors (Lipinski definition) is 0.